The predicted octanol–water partition coefficient (Wildman–Crippen LogP) is 2.50. The molecule has 6 unspecified atom stereocenters. The van der Waals surface area contributed by atoms with Crippen molar-refractivity contribution in [1.82, 2.24) is 0 Å². The van der Waals surface area contributed by atoms with E-state index >= 15 is 0 Å². The molecule has 1 aromatic rings. The van der Waals surface area contributed by atoms with Crippen LogP contribution in [0.5, 0.6) is 0 Å². The Labute approximate surface area is 184 Å². The van der Waals surface area contributed by atoms with Crippen molar-refractivity contribution >= 4 is 61.0 Å². The maximum atomic E-state index is 13.2. The smallest absolute Gasteiger partial charge is 0.337 e. The largest absolute Gasteiger partial charge is 0.478 e. The van der Waals surface area contributed by atoms with Gasteiger partial charge in [0.25, 0.3) is 0 Å². The van der Waals surface area contributed by atoms with E-state index < -0.39 is 5.97 Å². The maximum absolute atomic E-state index is 13.2. The molecule has 2 aliphatic heterocycles. The summed E-state index contributed by atoms with van der Waals surface area (Å²) in [5.74, 6) is -1.87. The van der Waals surface area contributed by atoms with Crippen LogP contribution in [0.3, 0.4) is 0 Å². The van der Waals surface area contributed by atoms with Gasteiger partial charge in [0.2, 0.25) is 11.8 Å². The average Bonchev–Trinajstić information content (AvgIpc) is 3.33. The zero-order valence-corrected chi connectivity index (χ0v) is 18.6. The number of halogens is 2. The van der Waals surface area contributed by atoms with Gasteiger partial charge >= 0.3 is 5.97 Å². The van der Waals surface area contributed by atoms with E-state index in [-0.39, 0.29) is 50.7 Å². The van der Waals surface area contributed by atoms with E-state index in [9.17, 15) is 19.5 Å². The lowest BCUT2D eigenvalue weighted by molar-refractivity contribution is -0.123. The molecular weight excluding hydrogens is 508 g/mol. The second-order valence-electron chi connectivity index (χ2n) is 8.12. The van der Waals surface area contributed by atoms with Crippen LogP contribution in [0.1, 0.15) is 16.8 Å². The summed E-state index contributed by atoms with van der Waals surface area (Å²) in [6, 6.07) is 4.85. The number of rotatable bonds is 3. The Hall–Kier alpha value is -1.45. The number of carboxylic acids is 1. The molecule has 1 aromatic carbocycles. The number of alkyl halides is 2. The molecule has 4 aliphatic rings. The number of benzene rings is 1. The molecule has 154 valence electrons. The molecule has 2 amide bonds. The number of nitrogens with zero attached hydrogens (tertiary/aromatic N) is 2. The van der Waals surface area contributed by atoms with Crippen LogP contribution in [0, 0.1) is 23.7 Å². The van der Waals surface area contributed by atoms with Gasteiger partial charge in [0, 0.05) is 22.7 Å². The normalized spacial score (nSPS) is 36.1. The summed E-state index contributed by atoms with van der Waals surface area (Å²) in [5, 5.41) is 9.76. The third-order valence-corrected chi connectivity index (χ3v) is 10.0. The highest BCUT2D eigenvalue weighted by molar-refractivity contribution is 9.12. The van der Waals surface area contributed by atoms with Crippen molar-refractivity contribution in [1.29, 1.82) is 0 Å². The van der Waals surface area contributed by atoms with Crippen LogP contribution in [0.25, 0.3) is 0 Å². The summed E-state index contributed by atoms with van der Waals surface area (Å²) in [4.78, 5) is 41.9. The Morgan fingerprint density at radius 2 is 1.62 bits per heavy atom. The Morgan fingerprint density at radius 3 is 2.17 bits per heavy atom. The number of fused-ring (bicyclic) bond motifs is 5. The first-order valence-electron chi connectivity index (χ1n) is 9.76. The van der Waals surface area contributed by atoms with Crippen molar-refractivity contribution in [3.63, 3.8) is 0 Å². The molecule has 2 saturated carbocycles. The second kappa shape index (κ2) is 7.06. The lowest BCUT2D eigenvalue weighted by Gasteiger charge is -2.30. The van der Waals surface area contributed by atoms with E-state index in [1.54, 1.807) is 12.1 Å². The zero-order valence-electron chi connectivity index (χ0n) is 15.5. The first-order valence-corrected chi connectivity index (χ1v) is 11.6. The van der Waals surface area contributed by atoms with Crippen LogP contribution in [0.4, 0.5) is 11.4 Å². The molecule has 0 spiro atoms. The Kier molecular flexibility index (Phi) is 4.75. The minimum Gasteiger partial charge on any atom is -0.478 e. The van der Waals surface area contributed by atoms with Crippen molar-refractivity contribution in [2.45, 2.75) is 16.1 Å². The number of hydrogen-bond acceptors (Lipinski definition) is 5. The molecule has 0 aromatic heterocycles. The van der Waals surface area contributed by atoms with E-state index in [2.05, 4.69) is 31.9 Å². The van der Waals surface area contributed by atoms with E-state index in [4.69, 9.17) is 4.74 Å². The van der Waals surface area contributed by atoms with Crippen LogP contribution in [-0.2, 0) is 14.3 Å². The molecule has 4 fully saturated rings. The fourth-order valence-corrected chi connectivity index (χ4v) is 7.39. The molecule has 1 N–H and O–H groups in total. The van der Waals surface area contributed by atoms with Crippen LogP contribution in [-0.4, -0.2) is 58.8 Å². The number of morpholine rings is 1. The summed E-state index contributed by atoms with van der Waals surface area (Å²) in [7, 11) is 0. The summed E-state index contributed by atoms with van der Waals surface area (Å²) < 4.78 is 5.35. The number of aromatic carboxylic acids is 1. The van der Waals surface area contributed by atoms with Gasteiger partial charge in [-0.3, -0.25) is 14.5 Å². The van der Waals surface area contributed by atoms with E-state index in [1.807, 2.05) is 4.90 Å². The Morgan fingerprint density at radius 1 is 1.03 bits per heavy atom. The quantitative estimate of drug-likeness (QED) is 0.480. The lowest BCUT2D eigenvalue weighted by Crippen LogP contribution is -2.37. The fraction of sp³-hybridized carbons (Fsp3) is 0.550. The molecule has 9 heteroatoms. The molecule has 2 heterocycles. The molecule has 0 radical (unpaired) electrons. The highest BCUT2D eigenvalue weighted by atomic mass is 79.9. The van der Waals surface area contributed by atoms with Gasteiger partial charge in [0.1, 0.15) is 0 Å². The monoisotopic (exact) mass is 526 g/mol. The molecule has 2 saturated heterocycles. The number of carboxylic acid groups (broad SMARTS) is 1. The number of hydrogen-bond donors (Lipinski definition) is 1. The van der Waals surface area contributed by atoms with Crippen LogP contribution >= 0.6 is 31.9 Å². The third-order valence-electron chi connectivity index (χ3n) is 6.81. The Bertz CT molecular complexity index is 871. The first kappa shape index (κ1) is 19.5. The van der Waals surface area contributed by atoms with Gasteiger partial charge in [-0.2, -0.15) is 0 Å². The first-order chi connectivity index (χ1) is 13.9. The van der Waals surface area contributed by atoms with Gasteiger partial charge < -0.3 is 14.7 Å². The molecular formula is C20H20Br2N2O5. The minimum absolute atomic E-state index is 0.0989. The van der Waals surface area contributed by atoms with Crippen LogP contribution in [0.15, 0.2) is 18.2 Å². The highest BCUT2D eigenvalue weighted by Gasteiger charge is 2.66. The minimum atomic E-state index is -1.08. The van der Waals surface area contributed by atoms with Crippen molar-refractivity contribution < 1.29 is 24.2 Å². The number of amides is 2. The molecule has 2 aliphatic carbocycles. The molecule has 2 bridgehead atoms. The van der Waals surface area contributed by atoms with Gasteiger partial charge in [0.05, 0.1) is 42.0 Å². The second-order valence-corrected chi connectivity index (χ2v) is 10.2. The Balaban J connectivity index is 1.50. The van der Waals surface area contributed by atoms with Crippen LogP contribution in [0.2, 0.25) is 0 Å². The van der Waals surface area contributed by atoms with E-state index in [1.165, 1.54) is 11.0 Å². The summed E-state index contributed by atoms with van der Waals surface area (Å²) in [5.41, 5.74) is 1.03. The predicted molar refractivity (Wildman–Crippen MR) is 113 cm³/mol. The molecule has 29 heavy (non-hydrogen) atoms. The van der Waals surface area contributed by atoms with Crippen molar-refractivity contribution in [3.05, 3.63) is 23.8 Å². The number of carbonyl (C=O) groups excluding carboxylic acids is 2. The van der Waals surface area contributed by atoms with Gasteiger partial charge in [-0.1, -0.05) is 31.9 Å². The van der Waals surface area contributed by atoms with Crippen molar-refractivity contribution in [3.8, 4) is 0 Å². The number of carbonyl (C=O) groups is 3. The number of anilines is 2. The highest BCUT2D eigenvalue weighted by Crippen LogP contribution is 2.60. The van der Waals surface area contributed by atoms with E-state index in [0.29, 0.717) is 37.7 Å². The maximum Gasteiger partial charge on any atom is 0.337 e. The number of imide groups is 1. The molecule has 5 rings (SSSR count). The summed E-state index contributed by atoms with van der Waals surface area (Å²) >= 11 is 7.37. The van der Waals surface area contributed by atoms with Crippen molar-refractivity contribution in [2.75, 3.05) is 36.1 Å². The standard InChI is InChI=1S/C20H20Br2N2O5/c21-16-11-8-12(17(16)22)15-14(11)18(25)24(19(15)26)9-1-2-13(10(7-9)20(27)28)23-3-5-29-6-4-23/h1-2,7,11-12,14-17H,3-6,8H2,(H,27,28). The van der Waals surface area contributed by atoms with Gasteiger partial charge in [0.15, 0.2) is 0 Å². The van der Waals surface area contributed by atoms with Gasteiger partial charge in [-0.15, -0.1) is 0 Å². The van der Waals surface area contributed by atoms with Crippen molar-refractivity contribution in [2.24, 2.45) is 23.7 Å². The summed E-state index contributed by atoms with van der Waals surface area (Å²) in [6.45, 7) is 2.29. The molecule has 7 nitrogen and oxygen atoms in total. The fourth-order valence-electron chi connectivity index (χ4n) is 5.52. The summed E-state index contributed by atoms with van der Waals surface area (Å²) in [6.07, 6.45) is 0.864. The zero-order chi connectivity index (χ0) is 20.4. The third kappa shape index (κ3) is 2.80. The van der Waals surface area contributed by atoms with E-state index in [0.717, 1.165) is 6.42 Å². The lowest BCUT2D eigenvalue weighted by atomic mass is 9.81. The van der Waals surface area contributed by atoms with Crippen LogP contribution < -0.4 is 9.80 Å². The topological polar surface area (TPSA) is 87.2 Å². The average molecular weight is 528 g/mol. The molecule has 6 atom stereocenters. The van der Waals surface area contributed by atoms with Gasteiger partial charge in [-0.05, 0) is 36.5 Å². The SMILES string of the molecule is O=C(O)c1cc(N2C(=O)C3C4CC(C(Br)C4Br)C3C2=O)ccc1N1CCOCC1. The number of ether oxygens (including phenoxy) is 1. The van der Waals surface area contributed by atoms with Gasteiger partial charge in [-0.25, -0.2) is 4.79 Å².